The van der Waals surface area contributed by atoms with Crippen LogP contribution in [0.25, 0.3) is 5.82 Å². The van der Waals surface area contributed by atoms with E-state index in [1.807, 2.05) is 35.8 Å². The zero-order valence-corrected chi connectivity index (χ0v) is 14.4. The number of rotatable bonds is 6. The van der Waals surface area contributed by atoms with E-state index in [0.29, 0.717) is 5.82 Å². The average Bonchev–Trinajstić information content (AvgIpc) is 3.07. The van der Waals surface area contributed by atoms with Gasteiger partial charge in [-0.15, -0.1) is 10.2 Å². The first kappa shape index (κ1) is 16.8. The number of nitrogens with one attached hydrogen (secondary N) is 1. The summed E-state index contributed by atoms with van der Waals surface area (Å²) in [5, 5.41) is 11.0. The van der Waals surface area contributed by atoms with Crippen LogP contribution in [0.4, 0.5) is 5.69 Å². The summed E-state index contributed by atoms with van der Waals surface area (Å²) in [6.07, 6.45) is 6.90. The molecule has 0 bridgehead atoms. The summed E-state index contributed by atoms with van der Waals surface area (Å²) >= 11 is 0. The molecule has 1 aromatic carbocycles. The minimum Gasteiger partial charge on any atom is -0.321 e. The minimum absolute atomic E-state index is 0.275. The summed E-state index contributed by atoms with van der Waals surface area (Å²) in [7, 11) is 0. The molecule has 2 aromatic heterocycles. The number of imidazole rings is 1. The number of carbonyl (C=O) groups excluding carboxylic acids is 1. The lowest BCUT2D eigenvalue weighted by atomic mass is 10.1. The van der Waals surface area contributed by atoms with Crippen molar-refractivity contribution in [3.8, 4) is 5.82 Å². The molecule has 0 aliphatic carbocycles. The van der Waals surface area contributed by atoms with Crippen molar-refractivity contribution in [3.63, 3.8) is 0 Å². The highest BCUT2D eigenvalue weighted by Gasteiger charge is 2.10. The summed E-state index contributed by atoms with van der Waals surface area (Å²) in [5.74, 6) is 1.17. The smallest absolute Gasteiger partial charge is 0.276 e. The fraction of sp³-hybridized carbons (Fsp3) is 0.263. The van der Waals surface area contributed by atoms with E-state index >= 15 is 0 Å². The third-order valence-corrected chi connectivity index (χ3v) is 3.99. The van der Waals surface area contributed by atoms with E-state index in [9.17, 15) is 4.79 Å². The molecule has 0 spiro atoms. The van der Waals surface area contributed by atoms with Crippen molar-refractivity contribution in [2.45, 2.75) is 33.1 Å². The first-order valence-electron chi connectivity index (χ1n) is 8.41. The van der Waals surface area contributed by atoms with Gasteiger partial charge < -0.3 is 5.32 Å². The Labute approximate surface area is 146 Å². The number of amides is 1. The predicted octanol–water partition coefficient (Wildman–Crippen LogP) is 3.57. The van der Waals surface area contributed by atoms with Crippen LogP contribution in [-0.2, 0) is 6.42 Å². The fourth-order valence-electron chi connectivity index (χ4n) is 2.53. The first-order chi connectivity index (χ1) is 12.2. The Morgan fingerprint density at radius 2 is 1.92 bits per heavy atom. The molecule has 2 heterocycles. The molecular weight excluding hydrogens is 314 g/mol. The summed E-state index contributed by atoms with van der Waals surface area (Å²) in [6, 6.07) is 11.3. The van der Waals surface area contributed by atoms with Crippen molar-refractivity contribution in [1.82, 2.24) is 19.7 Å². The van der Waals surface area contributed by atoms with Crippen molar-refractivity contribution in [3.05, 3.63) is 65.9 Å². The number of benzene rings is 1. The summed E-state index contributed by atoms with van der Waals surface area (Å²) in [4.78, 5) is 16.5. The van der Waals surface area contributed by atoms with Crippen LogP contribution in [0, 0.1) is 6.92 Å². The molecule has 0 fully saturated rings. The van der Waals surface area contributed by atoms with Crippen LogP contribution in [0.2, 0.25) is 0 Å². The van der Waals surface area contributed by atoms with Crippen LogP contribution in [0.5, 0.6) is 0 Å². The molecule has 0 saturated heterocycles. The van der Waals surface area contributed by atoms with Gasteiger partial charge in [0.05, 0.1) is 0 Å². The topological polar surface area (TPSA) is 72.7 Å². The van der Waals surface area contributed by atoms with Gasteiger partial charge in [0.1, 0.15) is 5.82 Å². The Balaban J connectivity index is 1.66. The zero-order chi connectivity index (χ0) is 17.6. The summed E-state index contributed by atoms with van der Waals surface area (Å²) in [5.41, 5.74) is 2.30. The third-order valence-electron chi connectivity index (χ3n) is 3.99. The Hall–Kier alpha value is -3.02. The first-order valence-corrected chi connectivity index (χ1v) is 8.41. The molecule has 0 saturated carbocycles. The Morgan fingerprint density at radius 1 is 1.12 bits per heavy atom. The normalized spacial score (nSPS) is 10.6. The van der Waals surface area contributed by atoms with Crippen molar-refractivity contribution >= 4 is 11.6 Å². The second-order valence-electron chi connectivity index (χ2n) is 5.88. The molecule has 1 N–H and O–H groups in total. The lowest BCUT2D eigenvalue weighted by Crippen LogP contribution is -2.15. The standard InChI is InChI=1S/C19H21N5O/c1-3-4-5-15-6-8-16(9-7-15)21-19(25)17-10-11-18(23-22-17)24-13-12-20-14(24)2/h6-13H,3-5H2,1-2H3,(H,21,25). The van der Waals surface area contributed by atoms with E-state index in [2.05, 4.69) is 27.4 Å². The Bertz CT molecular complexity index is 837. The maximum Gasteiger partial charge on any atom is 0.276 e. The molecule has 0 aliphatic rings. The number of nitrogens with zero attached hydrogens (tertiary/aromatic N) is 4. The van der Waals surface area contributed by atoms with Gasteiger partial charge >= 0.3 is 0 Å². The summed E-state index contributed by atoms with van der Waals surface area (Å²) in [6.45, 7) is 4.06. The van der Waals surface area contributed by atoms with Crippen LogP contribution in [0.1, 0.15) is 41.6 Å². The molecule has 1 amide bonds. The molecule has 25 heavy (non-hydrogen) atoms. The van der Waals surface area contributed by atoms with Gasteiger partial charge in [-0.25, -0.2) is 4.98 Å². The highest BCUT2D eigenvalue weighted by atomic mass is 16.1. The van der Waals surface area contributed by atoms with Crippen LogP contribution in [0.15, 0.2) is 48.8 Å². The molecule has 0 radical (unpaired) electrons. The SMILES string of the molecule is CCCCc1ccc(NC(=O)c2ccc(-n3ccnc3C)nn2)cc1. The average molecular weight is 335 g/mol. The number of anilines is 1. The van der Waals surface area contributed by atoms with E-state index in [1.165, 1.54) is 18.4 Å². The van der Waals surface area contributed by atoms with E-state index in [0.717, 1.165) is 17.9 Å². The summed E-state index contributed by atoms with van der Waals surface area (Å²) < 4.78 is 1.81. The van der Waals surface area contributed by atoms with Gasteiger partial charge in [-0.3, -0.25) is 9.36 Å². The third kappa shape index (κ3) is 4.09. The molecule has 0 aliphatic heterocycles. The van der Waals surface area contributed by atoms with Crippen molar-refractivity contribution in [2.24, 2.45) is 0 Å². The van der Waals surface area contributed by atoms with Gasteiger partial charge in [0.15, 0.2) is 11.5 Å². The molecule has 6 nitrogen and oxygen atoms in total. The lowest BCUT2D eigenvalue weighted by Gasteiger charge is -2.07. The van der Waals surface area contributed by atoms with Gasteiger partial charge in [0, 0.05) is 18.1 Å². The molecule has 128 valence electrons. The number of aromatic nitrogens is 4. The second-order valence-corrected chi connectivity index (χ2v) is 5.88. The van der Waals surface area contributed by atoms with E-state index in [-0.39, 0.29) is 11.6 Å². The van der Waals surface area contributed by atoms with E-state index in [1.54, 1.807) is 24.5 Å². The van der Waals surface area contributed by atoms with Crippen LogP contribution in [0.3, 0.4) is 0 Å². The van der Waals surface area contributed by atoms with Gasteiger partial charge in [0.25, 0.3) is 5.91 Å². The van der Waals surface area contributed by atoms with Crippen molar-refractivity contribution < 1.29 is 4.79 Å². The molecule has 0 unspecified atom stereocenters. The number of hydrogen-bond donors (Lipinski definition) is 1. The Morgan fingerprint density at radius 3 is 2.52 bits per heavy atom. The monoisotopic (exact) mass is 335 g/mol. The van der Waals surface area contributed by atoms with Crippen LogP contribution < -0.4 is 5.32 Å². The number of hydrogen-bond acceptors (Lipinski definition) is 4. The number of unbranched alkanes of at least 4 members (excludes halogenated alkanes) is 1. The molecule has 0 atom stereocenters. The molecule has 6 heteroatoms. The lowest BCUT2D eigenvalue weighted by molar-refractivity contribution is 0.102. The Kier molecular flexibility index (Phi) is 5.18. The fourth-order valence-corrected chi connectivity index (χ4v) is 2.53. The highest BCUT2D eigenvalue weighted by molar-refractivity contribution is 6.02. The number of aryl methyl sites for hydroxylation is 2. The largest absolute Gasteiger partial charge is 0.321 e. The molecule has 3 aromatic rings. The van der Waals surface area contributed by atoms with Crippen LogP contribution >= 0.6 is 0 Å². The predicted molar refractivity (Wildman–Crippen MR) is 96.9 cm³/mol. The van der Waals surface area contributed by atoms with Gasteiger partial charge in [-0.1, -0.05) is 25.5 Å². The minimum atomic E-state index is -0.275. The maximum absolute atomic E-state index is 12.3. The van der Waals surface area contributed by atoms with E-state index < -0.39 is 0 Å². The van der Waals surface area contributed by atoms with Gasteiger partial charge in [0.2, 0.25) is 0 Å². The maximum atomic E-state index is 12.3. The number of carbonyl (C=O) groups is 1. The molecular formula is C19H21N5O. The van der Waals surface area contributed by atoms with Gasteiger partial charge in [-0.2, -0.15) is 0 Å². The van der Waals surface area contributed by atoms with E-state index in [4.69, 9.17) is 0 Å². The van der Waals surface area contributed by atoms with Crippen LogP contribution in [-0.4, -0.2) is 25.7 Å². The highest BCUT2D eigenvalue weighted by Crippen LogP contribution is 2.13. The van der Waals surface area contributed by atoms with Crippen molar-refractivity contribution in [2.75, 3.05) is 5.32 Å². The molecule has 3 rings (SSSR count). The quantitative estimate of drug-likeness (QED) is 0.747. The zero-order valence-electron chi connectivity index (χ0n) is 14.4. The van der Waals surface area contributed by atoms with Gasteiger partial charge in [-0.05, 0) is 49.6 Å². The van der Waals surface area contributed by atoms with Crippen molar-refractivity contribution in [1.29, 1.82) is 0 Å². The second kappa shape index (κ2) is 7.70.